The van der Waals surface area contributed by atoms with Gasteiger partial charge in [-0.05, 0) is 45.4 Å². The van der Waals surface area contributed by atoms with E-state index in [0.717, 1.165) is 6.07 Å². The summed E-state index contributed by atoms with van der Waals surface area (Å²) in [5.41, 5.74) is 0.505. The maximum Gasteiger partial charge on any atom is 0.416 e. The topological polar surface area (TPSA) is 63.6 Å². The third-order valence-corrected chi connectivity index (χ3v) is 4.90. The van der Waals surface area contributed by atoms with Gasteiger partial charge in [0.2, 0.25) is 11.8 Å². The zero-order valence-electron chi connectivity index (χ0n) is 17.2. The molecule has 2 atom stereocenters. The van der Waals surface area contributed by atoms with E-state index in [4.69, 9.17) is 4.74 Å². The van der Waals surface area contributed by atoms with E-state index >= 15 is 0 Å². The van der Waals surface area contributed by atoms with Crippen LogP contribution in [0.15, 0.2) is 41.5 Å². The highest BCUT2D eigenvalue weighted by atomic mass is 19.4. The maximum absolute atomic E-state index is 13.9. The van der Waals surface area contributed by atoms with E-state index in [1.165, 1.54) is 18.3 Å². The number of aromatic nitrogens is 1. The molecule has 0 radical (unpaired) electrons. The van der Waals surface area contributed by atoms with Gasteiger partial charge in [-0.2, -0.15) is 13.2 Å². The van der Waals surface area contributed by atoms with Crippen LogP contribution in [0.5, 0.6) is 5.88 Å². The summed E-state index contributed by atoms with van der Waals surface area (Å²) in [5.74, 6) is -2.05. The maximum atomic E-state index is 13.9. The minimum atomic E-state index is -4.58. The molecular formula is C22H24F3N3O2. The number of hydrogen-bond donors (Lipinski definition) is 1. The first-order valence-corrected chi connectivity index (χ1v) is 9.79. The predicted octanol–water partition coefficient (Wildman–Crippen LogP) is 4.88. The molecule has 2 unspecified atom stereocenters. The lowest BCUT2D eigenvalue weighted by molar-refractivity contribution is -0.138. The van der Waals surface area contributed by atoms with Crippen LogP contribution in [0, 0.1) is 5.92 Å². The van der Waals surface area contributed by atoms with Gasteiger partial charge in [-0.1, -0.05) is 18.2 Å². The molecular weight excluding hydrogens is 395 g/mol. The Hall–Kier alpha value is -2.90. The fourth-order valence-corrected chi connectivity index (χ4v) is 3.81. The molecule has 1 aromatic heterocycles. The third-order valence-electron chi connectivity index (χ3n) is 4.90. The van der Waals surface area contributed by atoms with Gasteiger partial charge in [-0.3, -0.25) is 9.79 Å². The van der Waals surface area contributed by atoms with Crippen LogP contribution >= 0.6 is 0 Å². The molecule has 0 spiro atoms. The molecule has 0 bridgehead atoms. The van der Waals surface area contributed by atoms with Gasteiger partial charge in [-0.25, -0.2) is 4.98 Å². The number of fused-ring (bicyclic) bond motifs is 1. The minimum Gasteiger partial charge on any atom is -0.475 e. The number of benzene rings is 1. The molecule has 30 heavy (non-hydrogen) atoms. The number of pyridine rings is 1. The molecule has 8 heteroatoms. The molecule has 0 saturated carbocycles. The van der Waals surface area contributed by atoms with Crippen LogP contribution in [0.3, 0.4) is 0 Å². The van der Waals surface area contributed by atoms with Crippen molar-refractivity contribution in [1.82, 2.24) is 10.3 Å². The Morgan fingerprint density at radius 2 is 1.93 bits per heavy atom. The Morgan fingerprint density at radius 3 is 2.57 bits per heavy atom. The summed E-state index contributed by atoms with van der Waals surface area (Å²) in [4.78, 5) is 21.7. The molecule has 0 saturated heterocycles. The molecule has 0 fully saturated rings. The number of alkyl halides is 3. The number of carbonyl (C=O) groups excluding carboxylic acids is 1. The molecule has 160 valence electrons. The lowest BCUT2D eigenvalue weighted by atomic mass is 9.74. The van der Waals surface area contributed by atoms with Crippen molar-refractivity contribution < 1.29 is 22.7 Å². The van der Waals surface area contributed by atoms with Crippen molar-refractivity contribution in [2.75, 3.05) is 6.54 Å². The van der Waals surface area contributed by atoms with Crippen molar-refractivity contribution in [1.29, 1.82) is 0 Å². The zero-order chi connectivity index (χ0) is 22.1. The summed E-state index contributed by atoms with van der Waals surface area (Å²) in [5, 5.41) is 2.73. The molecule has 1 amide bonds. The molecule has 3 rings (SSSR count). The molecule has 1 N–H and O–H groups in total. The number of halogens is 3. The summed E-state index contributed by atoms with van der Waals surface area (Å²) >= 11 is 0. The first-order valence-electron chi connectivity index (χ1n) is 9.79. The summed E-state index contributed by atoms with van der Waals surface area (Å²) in [6, 6.07) is 6.95. The average Bonchev–Trinajstić information content (AvgIpc) is 2.66. The van der Waals surface area contributed by atoms with E-state index in [1.807, 2.05) is 0 Å². The Kier molecular flexibility index (Phi) is 6.14. The van der Waals surface area contributed by atoms with Gasteiger partial charge in [0.05, 0.1) is 23.3 Å². The van der Waals surface area contributed by atoms with Crippen LogP contribution in [0.2, 0.25) is 0 Å². The van der Waals surface area contributed by atoms with Crippen molar-refractivity contribution in [3.63, 3.8) is 0 Å². The monoisotopic (exact) mass is 419 g/mol. The third kappa shape index (κ3) is 4.17. The summed E-state index contributed by atoms with van der Waals surface area (Å²) in [7, 11) is 0. The standard InChI is InChI=1S/C22H24F3N3O2/c1-5-26-20(29)17-13(4)28-16-10-11-27-21(30-12(2)3)19(16)18(17)14-8-6-7-9-15(14)22(23,24)25/h6-12,17-18H,5H2,1-4H3,(H,26,29). The highest BCUT2D eigenvalue weighted by Crippen LogP contribution is 2.49. The van der Waals surface area contributed by atoms with E-state index in [9.17, 15) is 18.0 Å². The molecule has 1 aromatic carbocycles. The van der Waals surface area contributed by atoms with Crippen LogP contribution in [0.4, 0.5) is 18.9 Å². The summed E-state index contributed by atoms with van der Waals surface area (Å²) < 4.78 is 47.5. The second-order valence-corrected chi connectivity index (χ2v) is 7.40. The van der Waals surface area contributed by atoms with Gasteiger partial charge >= 0.3 is 6.18 Å². The van der Waals surface area contributed by atoms with E-state index in [1.54, 1.807) is 39.8 Å². The number of rotatable bonds is 5. The predicted molar refractivity (Wildman–Crippen MR) is 108 cm³/mol. The Balaban J connectivity index is 2.32. The summed E-state index contributed by atoms with van der Waals surface area (Å²) in [6.45, 7) is 7.38. The number of ether oxygens (including phenoxy) is 1. The van der Waals surface area contributed by atoms with Gasteiger partial charge in [0, 0.05) is 29.9 Å². The van der Waals surface area contributed by atoms with E-state index < -0.39 is 23.6 Å². The van der Waals surface area contributed by atoms with Crippen molar-refractivity contribution >= 4 is 17.3 Å². The van der Waals surface area contributed by atoms with Gasteiger partial charge in [0.1, 0.15) is 0 Å². The summed E-state index contributed by atoms with van der Waals surface area (Å²) in [6.07, 6.45) is -3.32. The number of carbonyl (C=O) groups is 1. The molecule has 1 aliphatic heterocycles. The molecule has 2 heterocycles. The normalized spacial score (nSPS) is 18.6. The average molecular weight is 419 g/mol. The highest BCUT2D eigenvalue weighted by molar-refractivity contribution is 6.07. The Labute approximate surface area is 173 Å². The van der Waals surface area contributed by atoms with Crippen LogP contribution < -0.4 is 10.1 Å². The fraction of sp³-hybridized carbons (Fsp3) is 0.409. The molecule has 5 nitrogen and oxygen atoms in total. The minimum absolute atomic E-state index is 0.00152. The first kappa shape index (κ1) is 21.8. The number of aliphatic imine (C=N–C) groups is 1. The zero-order valence-corrected chi connectivity index (χ0v) is 17.2. The number of amides is 1. The molecule has 1 aliphatic rings. The smallest absolute Gasteiger partial charge is 0.416 e. The Bertz CT molecular complexity index is 970. The van der Waals surface area contributed by atoms with Crippen molar-refractivity contribution in [2.45, 2.75) is 45.9 Å². The molecule has 0 aliphatic carbocycles. The van der Waals surface area contributed by atoms with Gasteiger partial charge in [-0.15, -0.1) is 0 Å². The van der Waals surface area contributed by atoms with Crippen LogP contribution in [-0.4, -0.2) is 29.3 Å². The second-order valence-electron chi connectivity index (χ2n) is 7.40. The fourth-order valence-electron chi connectivity index (χ4n) is 3.81. The second kappa shape index (κ2) is 8.45. The number of nitrogens with one attached hydrogen (secondary N) is 1. The Morgan fingerprint density at radius 1 is 1.23 bits per heavy atom. The van der Waals surface area contributed by atoms with Crippen LogP contribution in [-0.2, 0) is 11.0 Å². The van der Waals surface area contributed by atoms with E-state index in [-0.39, 0.29) is 23.5 Å². The number of hydrogen-bond acceptors (Lipinski definition) is 4. The number of nitrogens with zero attached hydrogens (tertiary/aromatic N) is 2. The first-order chi connectivity index (χ1) is 14.1. The van der Waals surface area contributed by atoms with E-state index in [0.29, 0.717) is 23.5 Å². The van der Waals surface area contributed by atoms with Crippen molar-refractivity contribution in [3.8, 4) is 5.88 Å². The van der Waals surface area contributed by atoms with Gasteiger partial charge in [0.15, 0.2) is 0 Å². The van der Waals surface area contributed by atoms with Crippen LogP contribution in [0.1, 0.15) is 50.3 Å². The van der Waals surface area contributed by atoms with Gasteiger partial charge < -0.3 is 10.1 Å². The quantitative estimate of drug-likeness (QED) is 0.752. The molecule has 2 aromatic rings. The largest absolute Gasteiger partial charge is 0.475 e. The lowest BCUT2D eigenvalue weighted by Gasteiger charge is -2.34. The highest BCUT2D eigenvalue weighted by Gasteiger charge is 2.44. The lowest BCUT2D eigenvalue weighted by Crippen LogP contribution is -2.40. The van der Waals surface area contributed by atoms with Crippen molar-refractivity contribution in [3.05, 3.63) is 53.2 Å². The van der Waals surface area contributed by atoms with Crippen LogP contribution in [0.25, 0.3) is 0 Å². The van der Waals surface area contributed by atoms with Crippen molar-refractivity contribution in [2.24, 2.45) is 10.9 Å². The SMILES string of the molecule is CCNC(=O)C1C(C)=Nc2ccnc(OC(C)C)c2C1c1ccccc1C(F)(F)F. The van der Waals surface area contributed by atoms with E-state index in [2.05, 4.69) is 15.3 Å². The van der Waals surface area contributed by atoms with Gasteiger partial charge in [0.25, 0.3) is 0 Å².